The molecule has 2 aromatic rings. The molecular formula is C17H26N6O2. The van der Waals surface area contributed by atoms with Crippen LogP contribution in [0.5, 0.6) is 0 Å². The van der Waals surface area contributed by atoms with Gasteiger partial charge in [-0.2, -0.15) is 5.10 Å². The molecule has 0 aromatic carbocycles. The second-order valence-electron chi connectivity index (χ2n) is 6.40. The summed E-state index contributed by atoms with van der Waals surface area (Å²) < 4.78 is 8.90. The highest BCUT2D eigenvalue weighted by atomic mass is 16.5. The molecule has 0 aliphatic carbocycles. The average Bonchev–Trinajstić information content (AvgIpc) is 3.21. The molecule has 8 nitrogen and oxygen atoms in total. The molecule has 3 heterocycles. The Labute approximate surface area is 147 Å². The van der Waals surface area contributed by atoms with Crippen molar-refractivity contribution in [2.75, 3.05) is 26.8 Å². The van der Waals surface area contributed by atoms with E-state index in [1.165, 1.54) is 0 Å². The van der Waals surface area contributed by atoms with E-state index in [1.807, 2.05) is 22.5 Å². The van der Waals surface area contributed by atoms with Gasteiger partial charge < -0.3 is 14.6 Å². The fraction of sp³-hybridized carbons (Fsp3) is 0.588. The highest BCUT2D eigenvalue weighted by Crippen LogP contribution is 2.28. The van der Waals surface area contributed by atoms with Gasteiger partial charge in [0, 0.05) is 58.6 Å². The quantitative estimate of drug-likeness (QED) is 0.739. The number of aryl methyl sites for hydroxylation is 2. The molecule has 1 amide bonds. The van der Waals surface area contributed by atoms with Crippen LogP contribution in [0.2, 0.25) is 0 Å². The van der Waals surface area contributed by atoms with Crippen LogP contribution in [0.25, 0.3) is 0 Å². The SMILES string of the molecule is CCn1cc(CN2Cc3ncn(C)c3[C@H](C(=O)NCCOC)C2)cn1. The molecule has 1 aliphatic heterocycles. The molecule has 3 rings (SSSR count). The number of hydrogen-bond donors (Lipinski definition) is 1. The Morgan fingerprint density at radius 2 is 2.32 bits per heavy atom. The van der Waals surface area contributed by atoms with E-state index in [-0.39, 0.29) is 11.8 Å². The number of methoxy groups -OCH3 is 1. The zero-order valence-corrected chi connectivity index (χ0v) is 15.1. The van der Waals surface area contributed by atoms with E-state index >= 15 is 0 Å². The summed E-state index contributed by atoms with van der Waals surface area (Å²) >= 11 is 0. The van der Waals surface area contributed by atoms with Gasteiger partial charge in [-0.05, 0) is 6.92 Å². The Hall–Kier alpha value is -2.19. The number of aromatic nitrogens is 4. The molecule has 1 aliphatic rings. The van der Waals surface area contributed by atoms with E-state index in [9.17, 15) is 4.79 Å². The molecule has 8 heteroatoms. The van der Waals surface area contributed by atoms with Crippen LogP contribution in [-0.4, -0.2) is 56.9 Å². The summed E-state index contributed by atoms with van der Waals surface area (Å²) in [5.41, 5.74) is 3.14. The summed E-state index contributed by atoms with van der Waals surface area (Å²) in [7, 11) is 3.58. The normalized spacial score (nSPS) is 17.5. The summed E-state index contributed by atoms with van der Waals surface area (Å²) in [6, 6.07) is 0. The van der Waals surface area contributed by atoms with Gasteiger partial charge in [-0.25, -0.2) is 4.98 Å². The van der Waals surface area contributed by atoms with Crippen molar-refractivity contribution in [2.24, 2.45) is 7.05 Å². The van der Waals surface area contributed by atoms with Crippen molar-refractivity contribution >= 4 is 5.91 Å². The fourth-order valence-electron chi connectivity index (χ4n) is 3.32. The first-order valence-corrected chi connectivity index (χ1v) is 8.62. The van der Waals surface area contributed by atoms with E-state index in [1.54, 1.807) is 13.4 Å². The molecule has 2 aromatic heterocycles. The summed E-state index contributed by atoms with van der Waals surface area (Å²) in [5.74, 6) is -0.204. The van der Waals surface area contributed by atoms with Gasteiger partial charge in [-0.1, -0.05) is 0 Å². The lowest BCUT2D eigenvalue weighted by atomic mass is 9.97. The standard InChI is InChI=1S/C17H26N6O2/c1-4-23-9-13(7-20-23)8-22-10-14(17(24)18-5-6-25-3)16-15(11-22)19-12-21(16)2/h7,9,12,14H,4-6,8,10-11H2,1-3H3,(H,18,24)/t14-/m1/s1. The largest absolute Gasteiger partial charge is 0.383 e. The molecule has 1 N–H and O–H groups in total. The Kier molecular flexibility index (Phi) is 5.50. The van der Waals surface area contributed by atoms with Gasteiger partial charge in [0.25, 0.3) is 0 Å². The van der Waals surface area contributed by atoms with E-state index < -0.39 is 0 Å². The summed E-state index contributed by atoms with van der Waals surface area (Å²) in [6.45, 7) is 6.13. The highest BCUT2D eigenvalue weighted by molar-refractivity contribution is 5.84. The molecule has 136 valence electrons. The van der Waals surface area contributed by atoms with Crippen molar-refractivity contribution in [3.63, 3.8) is 0 Å². The molecule has 0 fully saturated rings. The predicted octanol–water partition coefficient (Wildman–Crippen LogP) is 0.499. The highest BCUT2D eigenvalue weighted by Gasteiger charge is 2.33. The zero-order chi connectivity index (χ0) is 17.8. The lowest BCUT2D eigenvalue weighted by Crippen LogP contribution is -2.42. The third-order valence-electron chi connectivity index (χ3n) is 4.55. The van der Waals surface area contributed by atoms with Crippen molar-refractivity contribution in [2.45, 2.75) is 32.5 Å². The number of fused-ring (bicyclic) bond motifs is 1. The smallest absolute Gasteiger partial charge is 0.230 e. The van der Waals surface area contributed by atoms with Gasteiger partial charge in [0.15, 0.2) is 0 Å². The Bertz CT molecular complexity index is 723. The third-order valence-corrected chi connectivity index (χ3v) is 4.55. The minimum Gasteiger partial charge on any atom is -0.383 e. The van der Waals surface area contributed by atoms with Crippen LogP contribution in [0.4, 0.5) is 0 Å². The second kappa shape index (κ2) is 7.79. The lowest BCUT2D eigenvalue weighted by molar-refractivity contribution is -0.123. The Morgan fingerprint density at radius 1 is 1.48 bits per heavy atom. The van der Waals surface area contributed by atoms with E-state index in [0.29, 0.717) is 19.7 Å². The van der Waals surface area contributed by atoms with E-state index in [2.05, 4.69) is 33.4 Å². The van der Waals surface area contributed by atoms with Gasteiger partial charge in [0.05, 0.1) is 36.4 Å². The maximum Gasteiger partial charge on any atom is 0.230 e. The number of ether oxygens (including phenoxy) is 1. The van der Waals surface area contributed by atoms with Gasteiger partial charge >= 0.3 is 0 Å². The summed E-state index contributed by atoms with van der Waals surface area (Å²) in [5, 5.41) is 7.29. The molecule has 0 bridgehead atoms. The Balaban J connectivity index is 1.74. The molecule has 0 saturated heterocycles. The number of carbonyl (C=O) groups is 1. The molecule has 25 heavy (non-hydrogen) atoms. The maximum atomic E-state index is 12.7. The van der Waals surface area contributed by atoms with Crippen LogP contribution in [0.1, 0.15) is 29.8 Å². The monoisotopic (exact) mass is 346 g/mol. The number of amides is 1. The number of rotatable bonds is 7. The van der Waals surface area contributed by atoms with E-state index in [0.717, 1.165) is 36.6 Å². The predicted molar refractivity (Wildman–Crippen MR) is 92.8 cm³/mol. The number of nitrogens with one attached hydrogen (secondary N) is 1. The first kappa shape index (κ1) is 17.6. The van der Waals surface area contributed by atoms with Crippen molar-refractivity contribution in [1.82, 2.24) is 29.5 Å². The van der Waals surface area contributed by atoms with Crippen molar-refractivity contribution in [3.05, 3.63) is 35.7 Å². The molecular weight excluding hydrogens is 320 g/mol. The maximum absolute atomic E-state index is 12.7. The molecule has 0 unspecified atom stereocenters. The van der Waals surface area contributed by atoms with Crippen molar-refractivity contribution < 1.29 is 9.53 Å². The molecule has 0 saturated carbocycles. The number of hydrogen-bond acceptors (Lipinski definition) is 5. The topological polar surface area (TPSA) is 77.2 Å². The van der Waals surface area contributed by atoms with Crippen LogP contribution in [0.3, 0.4) is 0 Å². The lowest BCUT2D eigenvalue weighted by Gasteiger charge is -2.32. The molecule has 0 spiro atoms. The minimum atomic E-state index is -0.227. The van der Waals surface area contributed by atoms with Crippen molar-refractivity contribution in [1.29, 1.82) is 0 Å². The fourth-order valence-corrected chi connectivity index (χ4v) is 3.32. The summed E-state index contributed by atoms with van der Waals surface area (Å²) in [6.07, 6.45) is 5.74. The van der Waals surface area contributed by atoms with Gasteiger partial charge in [0.1, 0.15) is 0 Å². The van der Waals surface area contributed by atoms with Gasteiger partial charge in [-0.15, -0.1) is 0 Å². The number of nitrogens with zero attached hydrogens (tertiary/aromatic N) is 5. The van der Waals surface area contributed by atoms with E-state index in [4.69, 9.17) is 4.74 Å². The van der Waals surface area contributed by atoms with Crippen LogP contribution >= 0.6 is 0 Å². The van der Waals surface area contributed by atoms with Crippen LogP contribution in [0, 0.1) is 0 Å². The molecule has 0 radical (unpaired) electrons. The number of imidazole rings is 1. The zero-order valence-electron chi connectivity index (χ0n) is 15.1. The Morgan fingerprint density at radius 3 is 3.04 bits per heavy atom. The third kappa shape index (κ3) is 3.91. The van der Waals surface area contributed by atoms with Crippen LogP contribution in [-0.2, 0) is 36.2 Å². The average molecular weight is 346 g/mol. The molecule has 1 atom stereocenters. The van der Waals surface area contributed by atoms with Gasteiger partial charge in [0.2, 0.25) is 5.91 Å². The van der Waals surface area contributed by atoms with Crippen LogP contribution < -0.4 is 5.32 Å². The summed E-state index contributed by atoms with van der Waals surface area (Å²) in [4.78, 5) is 19.4. The number of carbonyl (C=O) groups excluding carboxylic acids is 1. The van der Waals surface area contributed by atoms with Gasteiger partial charge in [-0.3, -0.25) is 14.4 Å². The van der Waals surface area contributed by atoms with Crippen LogP contribution in [0.15, 0.2) is 18.7 Å². The minimum absolute atomic E-state index is 0.0239. The first-order chi connectivity index (χ1) is 12.1. The first-order valence-electron chi connectivity index (χ1n) is 8.62. The second-order valence-corrected chi connectivity index (χ2v) is 6.40. The van der Waals surface area contributed by atoms with Crippen molar-refractivity contribution in [3.8, 4) is 0 Å².